The number of hydrogen-bond donors (Lipinski definition) is 0. The molecule has 0 spiro atoms. The molecule has 0 saturated carbocycles. The maximum Gasteiger partial charge on any atom is 0.356 e. The number of nitrogens with zero attached hydrogens (tertiary/aromatic N) is 2. The number of aromatic nitrogens is 2. The zero-order chi connectivity index (χ0) is 17.6. The van der Waals surface area contributed by atoms with Gasteiger partial charge in [-0.25, -0.2) is 9.78 Å². The van der Waals surface area contributed by atoms with Crippen LogP contribution in [0.15, 0.2) is 0 Å². The second kappa shape index (κ2) is 8.64. The first kappa shape index (κ1) is 19.9. The van der Waals surface area contributed by atoms with Crippen LogP contribution in [-0.4, -0.2) is 36.8 Å². The van der Waals surface area contributed by atoms with Gasteiger partial charge in [0, 0.05) is 20.6 Å². The number of imidazole rings is 1. The molecular weight excluding hydrogens is 308 g/mol. The van der Waals surface area contributed by atoms with Gasteiger partial charge < -0.3 is 9.47 Å². The standard InChI is InChI=1S/C17H32N2O3Si/c1-8-14-15(17(20)22-9-2)19(16(18-14)13(3)4)12-21-10-11-23(5,6)7/h13H,8-12H2,1-7H3. The van der Waals surface area contributed by atoms with E-state index in [1.807, 2.05) is 18.4 Å². The zero-order valence-corrected chi connectivity index (χ0v) is 16.7. The lowest BCUT2D eigenvalue weighted by Crippen LogP contribution is -2.23. The molecule has 0 unspecified atom stereocenters. The minimum atomic E-state index is -1.12. The van der Waals surface area contributed by atoms with Gasteiger partial charge in [0.25, 0.3) is 0 Å². The Morgan fingerprint density at radius 3 is 2.39 bits per heavy atom. The van der Waals surface area contributed by atoms with Gasteiger partial charge in [-0.3, -0.25) is 4.57 Å². The van der Waals surface area contributed by atoms with E-state index in [4.69, 9.17) is 9.47 Å². The van der Waals surface area contributed by atoms with E-state index < -0.39 is 8.07 Å². The van der Waals surface area contributed by atoms with Crippen LogP contribution in [0.5, 0.6) is 0 Å². The highest BCUT2D eigenvalue weighted by Crippen LogP contribution is 2.21. The van der Waals surface area contributed by atoms with E-state index in [0.717, 1.165) is 24.2 Å². The van der Waals surface area contributed by atoms with E-state index in [9.17, 15) is 4.79 Å². The molecule has 1 heterocycles. The highest BCUT2D eigenvalue weighted by molar-refractivity contribution is 6.76. The summed E-state index contributed by atoms with van der Waals surface area (Å²) in [4.78, 5) is 17.0. The van der Waals surface area contributed by atoms with Gasteiger partial charge in [0.05, 0.1) is 12.3 Å². The molecule has 0 aliphatic carbocycles. The predicted molar refractivity (Wildman–Crippen MR) is 95.8 cm³/mol. The second-order valence-electron chi connectivity index (χ2n) is 7.27. The zero-order valence-electron chi connectivity index (χ0n) is 15.7. The van der Waals surface area contributed by atoms with Crippen molar-refractivity contribution in [1.82, 2.24) is 9.55 Å². The highest BCUT2D eigenvalue weighted by Gasteiger charge is 2.24. The number of carbonyl (C=O) groups excluding carboxylic acids is 1. The van der Waals surface area contributed by atoms with Crippen LogP contribution < -0.4 is 0 Å². The number of carbonyl (C=O) groups is 1. The SMILES string of the molecule is CCOC(=O)c1c(CC)nc(C(C)C)n1COCC[Si](C)(C)C. The van der Waals surface area contributed by atoms with Crippen molar-refractivity contribution in [3.8, 4) is 0 Å². The Kier molecular flexibility index (Phi) is 7.47. The van der Waals surface area contributed by atoms with Crippen molar-refractivity contribution in [3.63, 3.8) is 0 Å². The van der Waals surface area contributed by atoms with Gasteiger partial charge in [-0.05, 0) is 19.4 Å². The molecule has 0 bridgehead atoms. The average molecular weight is 341 g/mol. The van der Waals surface area contributed by atoms with Gasteiger partial charge >= 0.3 is 5.97 Å². The number of esters is 1. The first-order chi connectivity index (χ1) is 10.7. The third kappa shape index (κ3) is 5.77. The molecule has 0 N–H and O–H groups in total. The predicted octanol–water partition coefficient (Wildman–Crippen LogP) is 4.06. The van der Waals surface area contributed by atoms with Crippen molar-refractivity contribution in [2.45, 2.75) is 72.4 Å². The summed E-state index contributed by atoms with van der Waals surface area (Å²) in [6.45, 7) is 16.4. The van der Waals surface area contributed by atoms with E-state index in [-0.39, 0.29) is 11.9 Å². The van der Waals surface area contributed by atoms with E-state index in [1.54, 1.807) is 0 Å². The molecule has 0 amide bonds. The molecule has 0 aliphatic heterocycles. The molecule has 1 aromatic rings. The Morgan fingerprint density at radius 2 is 1.91 bits per heavy atom. The summed E-state index contributed by atoms with van der Waals surface area (Å²) >= 11 is 0. The van der Waals surface area contributed by atoms with Crippen molar-refractivity contribution in [2.75, 3.05) is 13.2 Å². The third-order valence-corrected chi connectivity index (χ3v) is 5.31. The molecule has 132 valence electrons. The minimum absolute atomic E-state index is 0.226. The van der Waals surface area contributed by atoms with Crippen LogP contribution >= 0.6 is 0 Å². The molecule has 0 fully saturated rings. The van der Waals surface area contributed by atoms with Gasteiger partial charge in [0.1, 0.15) is 12.6 Å². The van der Waals surface area contributed by atoms with Gasteiger partial charge in [0.2, 0.25) is 0 Å². The molecule has 0 aliphatic rings. The van der Waals surface area contributed by atoms with Crippen molar-refractivity contribution in [3.05, 3.63) is 17.2 Å². The average Bonchev–Trinajstić information content (AvgIpc) is 2.81. The molecule has 5 nitrogen and oxygen atoms in total. The maximum absolute atomic E-state index is 12.3. The molecule has 0 aromatic carbocycles. The number of aryl methyl sites for hydroxylation is 1. The van der Waals surface area contributed by atoms with E-state index in [0.29, 0.717) is 25.5 Å². The van der Waals surface area contributed by atoms with Crippen LogP contribution in [0.1, 0.15) is 55.6 Å². The Bertz CT molecular complexity index is 519. The molecule has 1 rings (SSSR count). The van der Waals surface area contributed by atoms with E-state index in [1.165, 1.54) is 0 Å². The Morgan fingerprint density at radius 1 is 1.26 bits per heavy atom. The molecule has 1 aromatic heterocycles. The summed E-state index contributed by atoms with van der Waals surface area (Å²) in [6.07, 6.45) is 0.704. The van der Waals surface area contributed by atoms with Crippen molar-refractivity contribution >= 4 is 14.0 Å². The summed E-state index contributed by atoms with van der Waals surface area (Å²) in [5, 5.41) is 0. The second-order valence-corrected chi connectivity index (χ2v) is 12.9. The molecule has 0 atom stereocenters. The van der Waals surface area contributed by atoms with Crippen LogP contribution in [-0.2, 0) is 22.6 Å². The van der Waals surface area contributed by atoms with Crippen LogP contribution in [0.2, 0.25) is 25.7 Å². The first-order valence-corrected chi connectivity index (χ1v) is 12.3. The molecule has 0 radical (unpaired) electrons. The lowest BCUT2D eigenvalue weighted by molar-refractivity contribution is 0.0467. The Hall–Kier alpha value is -1.14. The monoisotopic (exact) mass is 340 g/mol. The van der Waals surface area contributed by atoms with Gasteiger partial charge in [-0.2, -0.15) is 0 Å². The van der Waals surface area contributed by atoms with Gasteiger partial charge in [-0.15, -0.1) is 0 Å². The summed E-state index contributed by atoms with van der Waals surface area (Å²) in [7, 11) is -1.12. The van der Waals surface area contributed by atoms with Crippen LogP contribution in [0, 0.1) is 0 Å². The molecular formula is C17H32N2O3Si. The lowest BCUT2D eigenvalue weighted by atomic mass is 10.2. The van der Waals surface area contributed by atoms with Crippen LogP contribution in [0.25, 0.3) is 0 Å². The maximum atomic E-state index is 12.3. The summed E-state index contributed by atoms with van der Waals surface area (Å²) < 4.78 is 13.0. The minimum Gasteiger partial charge on any atom is -0.461 e. The summed E-state index contributed by atoms with van der Waals surface area (Å²) in [5.74, 6) is 0.805. The molecule has 6 heteroatoms. The summed E-state index contributed by atoms with van der Waals surface area (Å²) in [6, 6.07) is 1.11. The van der Waals surface area contributed by atoms with Crippen molar-refractivity contribution in [1.29, 1.82) is 0 Å². The van der Waals surface area contributed by atoms with Crippen molar-refractivity contribution in [2.24, 2.45) is 0 Å². The largest absolute Gasteiger partial charge is 0.461 e. The Balaban J connectivity index is 3.01. The fraction of sp³-hybridized carbons (Fsp3) is 0.765. The van der Waals surface area contributed by atoms with Gasteiger partial charge in [-0.1, -0.05) is 40.4 Å². The van der Waals surface area contributed by atoms with Crippen molar-refractivity contribution < 1.29 is 14.3 Å². The molecule has 0 saturated heterocycles. The first-order valence-electron chi connectivity index (χ1n) is 8.55. The topological polar surface area (TPSA) is 53.3 Å². The third-order valence-electron chi connectivity index (χ3n) is 3.61. The highest BCUT2D eigenvalue weighted by atomic mass is 28.3. The lowest BCUT2D eigenvalue weighted by Gasteiger charge is -2.17. The van der Waals surface area contributed by atoms with Crippen LogP contribution in [0.3, 0.4) is 0 Å². The van der Waals surface area contributed by atoms with E-state index in [2.05, 4.69) is 38.5 Å². The fourth-order valence-electron chi connectivity index (χ4n) is 2.30. The number of rotatable bonds is 9. The van der Waals surface area contributed by atoms with Gasteiger partial charge in [0.15, 0.2) is 5.69 Å². The Labute approximate surface area is 141 Å². The summed E-state index contributed by atoms with van der Waals surface area (Å²) in [5.41, 5.74) is 1.34. The van der Waals surface area contributed by atoms with Crippen LogP contribution in [0.4, 0.5) is 0 Å². The fourth-order valence-corrected chi connectivity index (χ4v) is 3.06. The normalized spacial score (nSPS) is 12.0. The quantitative estimate of drug-likeness (QED) is 0.386. The number of ether oxygens (including phenoxy) is 2. The molecule has 23 heavy (non-hydrogen) atoms. The number of hydrogen-bond acceptors (Lipinski definition) is 4. The smallest absolute Gasteiger partial charge is 0.356 e. The van der Waals surface area contributed by atoms with E-state index >= 15 is 0 Å².